The number of nitrogens with zero attached hydrogens (tertiary/aromatic N) is 2. The Kier molecular flexibility index (Phi) is 4.60. The van der Waals surface area contributed by atoms with Crippen LogP contribution < -0.4 is 16.0 Å². The van der Waals surface area contributed by atoms with Gasteiger partial charge in [-0.25, -0.2) is 0 Å². The van der Waals surface area contributed by atoms with Crippen LogP contribution in [0.4, 0.5) is 10.8 Å². The molecule has 0 unspecified atom stereocenters. The smallest absolute Gasteiger partial charge is 0.257 e. The van der Waals surface area contributed by atoms with Crippen LogP contribution in [-0.4, -0.2) is 44.1 Å². The van der Waals surface area contributed by atoms with E-state index in [0.717, 1.165) is 24.1 Å². The molecule has 1 saturated carbocycles. The van der Waals surface area contributed by atoms with Crippen molar-refractivity contribution in [3.63, 3.8) is 0 Å². The number of hydrogen-bond donors (Lipinski definition) is 2. The van der Waals surface area contributed by atoms with Crippen LogP contribution in [0.2, 0.25) is 0 Å². The topological polar surface area (TPSA) is 80.5 Å². The number of carbonyl (C=O) groups is 1. The molecule has 7 heteroatoms. The third-order valence-electron chi connectivity index (χ3n) is 3.12. The Hall–Kier alpha value is -1.34. The van der Waals surface area contributed by atoms with E-state index in [9.17, 15) is 4.79 Å². The zero-order valence-electron chi connectivity index (χ0n) is 11.3. The minimum absolute atomic E-state index is 0.202. The quantitative estimate of drug-likeness (QED) is 0.729. The van der Waals surface area contributed by atoms with Crippen molar-refractivity contribution in [1.82, 2.24) is 9.69 Å². The molecule has 6 nitrogen and oxygen atoms in total. The standard InChI is InChI=1S/C12H20N4O2S/c1-14-11(17)9-10(13)15-19-12(9)16(2)5-6-18-7-8-3-4-8/h8H,3-7H2,1-2H3,(H2,13,15)(H,14,17). The lowest BCUT2D eigenvalue weighted by molar-refractivity contribution is 0.0964. The molecule has 0 aromatic carbocycles. The number of rotatable bonds is 7. The number of nitrogens with two attached hydrogens (primary N) is 1. The number of nitrogen functional groups attached to an aromatic ring is 1. The molecule has 0 spiro atoms. The Bertz CT molecular complexity index is 445. The van der Waals surface area contributed by atoms with Crippen molar-refractivity contribution in [3.05, 3.63) is 5.56 Å². The first-order valence-corrected chi connectivity index (χ1v) is 7.17. The fraction of sp³-hybridized carbons (Fsp3) is 0.667. The van der Waals surface area contributed by atoms with Crippen LogP contribution in [0.3, 0.4) is 0 Å². The highest BCUT2D eigenvalue weighted by Crippen LogP contribution is 2.30. The van der Waals surface area contributed by atoms with Gasteiger partial charge >= 0.3 is 0 Å². The Morgan fingerprint density at radius 1 is 1.63 bits per heavy atom. The van der Waals surface area contributed by atoms with E-state index < -0.39 is 0 Å². The second-order valence-corrected chi connectivity index (χ2v) is 5.52. The lowest BCUT2D eigenvalue weighted by Gasteiger charge is -2.18. The van der Waals surface area contributed by atoms with Crippen molar-refractivity contribution >= 4 is 28.3 Å². The van der Waals surface area contributed by atoms with Gasteiger partial charge in [-0.2, -0.15) is 4.37 Å². The third kappa shape index (κ3) is 3.57. The van der Waals surface area contributed by atoms with Crippen LogP contribution >= 0.6 is 11.5 Å². The van der Waals surface area contributed by atoms with Crippen molar-refractivity contribution in [1.29, 1.82) is 0 Å². The number of hydrogen-bond acceptors (Lipinski definition) is 6. The Morgan fingerprint density at radius 3 is 3.00 bits per heavy atom. The van der Waals surface area contributed by atoms with E-state index in [1.807, 2.05) is 11.9 Å². The van der Waals surface area contributed by atoms with Crippen molar-refractivity contribution < 1.29 is 9.53 Å². The lowest BCUT2D eigenvalue weighted by atomic mass is 10.3. The van der Waals surface area contributed by atoms with Crippen molar-refractivity contribution in [2.75, 3.05) is 44.5 Å². The van der Waals surface area contributed by atoms with Gasteiger partial charge in [-0.15, -0.1) is 0 Å². The van der Waals surface area contributed by atoms with Gasteiger partial charge in [0.25, 0.3) is 5.91 Å². The number of aromatic nitrogens is 1. The molecule has 1 aromatic rings. The highest BCUT2D eigenvalue weighted by Gasteiger charge is 2.22. The molecular formula is C12H20N4O2S. The van der Waals surface area contributed by atoms with Gasteiger partial charge in [-0.3, -0.25) is 4.79 Å². The minimum Gasteiger partial charge on any atom is -0.382 e. The average Bonchev–Trinajstić information content (AvgIpc) is 3.15. The predicted molar refractivity (Wildman–Crippen MR) is 76.7 cm³/mol. The van der Waals surface area contributed by atoms with Gasteiger partial charge < -0.3 is 20.7 Å². The fourth-order valence-corrected chi connectivity index (χ4v) is 2.53. The largest absolute Gasteiger partial charge is 0.382 e. The Morgan fingerprint density at radius 2 is 2.37 bits per heavy atom. The molecule has 2 rings (SSSR count). The van der Waals surface area contributed by atoms with Crippen LogP contribution in [0.15, 0.2) is 0 Å². The van der Waals surface area contributed by atoms with Crippen molar-refractivity contribution in [3.8, 4) is 0 Å². The van der Waals surface area contributed by atoms with Crippen molar-refractivity contribution in [2.45, 2.75) is 12.8 Å². The third-order valence-corrected chi connectivity index (χ3v) is 4.10. The number of carbonyl (C=O) groups excluding carboxylic acids is 1. The van der Waals surface area contributed by atoms with Gasteiger partial charge in [-0.05, 0) is 30.3 Å². The first kappa shape index (κ1) is 14.1. The molecule has 0 atom stereocenters. The molecule has 106 valence electrons. The maximum atomic E-state index is 11.8. The molecule has 0 radical (unpaired) electrons. The zero-order chi connectivity index (χ0) is 13.8. The van der Waals surface area contributed by atoms with E-state index in [-0.39, 0.29) is 11.7 Å². The highest BCUT2D eigenvalue weighted by atomic mass is 32.1. The molecule has 1 aromatic heterocycles. The molecule has 1 aliphatic carbocycles. The van der Waals surface area contributed by atoms with E-state index in [1.54, 1.807) is 7.05 Å². The summed E-state index contributed by atoms with van der Waals surface area (Å²) in [5.74, 6) is 0.850. The van der Waals surface area contributed by atoms with Crippen LogP contribution in [-0.2, 0) is 4.74 Å². The van der Waals surface area contributed by atoms with Crippen LogP contribution in [0.25, 0.3) is 0 Å². The molecule has 0 bridgehead atoms. The van der Waals surface area contributed by atoms with Crippen LogP contribution in [0.5, 0.6) is 0 Å². The van der Waals surface area contributed by atoms with Crippen molar-refractivity contribution in [2.24, 2.45) is 5.92 Å². The summed E-state index contributed by atoms with van der Waals surface area (Å²) in [6.07, 6.45) is 2.59. The monoisotopic (exact) mass is 284 g/mol. The first-order chi connectivity index (χ1) is 9.13. The number of amides is 1. The van der Waals surface area contributed by atoms with Gasteiger partial charge in [-0.1, -0.05) is 0 Å². The van der Waals surface area contributed by atoms with E-state index in [4.69, 9.17) is 10.5 Å². The molecule has 0 saturated heterocycles. The molecule has 1 heterocycles. The molecule has 3 N–H and O–H groups in total. The lowest BCUT2D eigenvalue weighted by Crippen LogP contribution is -2.26. The maximum Gasteiger partial charge on any atom is 0.257 e. The minimum atomic E-state index is -0.202. The van der Waals surface area contributed by atoms with Gasteiger partial charge in [0.05, 0.1) is 6.61 Å². The summed E-state index contributed by atoms with van der Waals surface area (Å²) in [5, 5.41) is 3.37. The normalized spacial score (nSPS) is 14.4. The van der Waals surface area contributed by atoms with Gasteiger partial charge in [0, 0.05) is 27.2 Å². The fourth-order valence-electron chi connectivity index (χ4n) is 1.73. The summed E-state index contributed by atoms with van der Waals surface area (Å²) in [4.78, 5) is 13.7. The van der Waals surface area contributed by atoms with Gasteiger partial charge in [0.1, 0.15) is 10.6 Å². The number of nitrogens with one attached hydrogen (secondary N) is 1. The molecule has 0 aliphatic heterocycles. The number of likely N-dealkylation sites (N-methyl/N-ethyl adjacent to an activating group) is 1. The second kappa shape index (κ2) is 6.21. The highest BCUT2D eigenvalue weighted by molar-refractivity contribution is 7.11. The number of anilines is 2. The molecule has 19 heavy (non-hydrogen) atoms. The molecule has 1 aliphatic rings. The van der Waals surface area contributed by atoms with E-state index in [0.29, 0.717) is 12.2 Å². The Labute approximate surface area is 117 Å². The first-order valence-electron chi connectivity index (χ1n) is 6.39. The Balaban J connectivity index is 1.89. The van der Waals surface area contributed by atoms with E-state index >= 15 is 0 Å². The summed E-state index contributed by atoms with van der Waals surface area (Å²) in [6.45, 7) is 2.22. The van der Waals surface area contributed by atoms with E-state index in [1.165, 1.54) is 24.4 Å². The molecule has 1 amide bonds. The summed E-state index contributed by atoms with van der Waals surface area (Å²) in [7, 11) is 3.50. The SMILES string of the molecule is CNC(=O)c1c(N)nsc1N(C)CCOCC1CC1. The summed E-state index contributed by atoms with van der Waals surface area (Å²) >= 11 is 1.24. The average molecular weight is 284 g/mol. The molecule has 1 fully saturated rings. The van der Waals surface area contributed by atoms with Gasteiger partial charge in [0.2, 0.25) is 0 Å². The second-order valence-electron chi connectivity index (χ2n) is 4.77. The van der Waals surface area contributed by atoms with Crippen LogP contribution in [0, 0.1) is 5.92 Å². The van der Waals surface area contributed by atoms with Gasteiger partial charge in [0.15, 0.2) is 5.82 Å². The number of ether oxygens (including phenoxy) is 1. The summed E-state index contributed by atoms with van der Waals surface area (Å²) in [5.41, 5.74) is 6.19. The molecular weight excluding hydrogens is 264 g/mol. The van der Waals surface area contributed by atoms with Crippen LogP contribution in [0.1, 0.15) is 23.2 Å². The zero-order valence-corrected chi connectivity index (χ0v) is 12.1. The summed E-state index contributed by atoms with van der Waals surface area (Å²) in [6, 6.07) is 0. The van der Waals surface area contributed by atoms with E-state index in [2.05, 4.69) is 9.69 Å². The maximum absolute atomic E-state index is 11.8. The summed E-state index contributed by atoms with van der Waals surface area (Å²) < 4.78 is 9.64. The predicted octanol–water partition coefficient (Wildman–Crippen LogP) is 0.948.